The summed E-state index contributed by atoms with van der Waals surface area (Å²) in [6.45, 7) is 7.28. The van der Waals surface area contributed by atoms with E-state index in [4.69, 9.17) is 4.74 Å². The Morgan fingerprint density at radius 1 is 1.10 bits per heavy atom. The Kier molecular flexibility index (Phi) is 4.84. The molecule has 1 N–H and O–H groups in total. The molecule has 7 unspecified atom stereocenters. The Bertz CT molecular complexity index is 784. The van der Waals surface area contributed by atoms with Crippen molar-refractivity contribution in [2.45, 2.75) is 90.8 Å². The summed E-state index contributed by atoms with van der Waals surface area (Å²) in [5.41, 5.74) is -0.515. The maximum absolute atomic E-state index is 13.2. The summed E-state index contributed by atoms with van der Waals surface area (Å²) in [7, 11) is 0. The molecule has 4 aliphatic carbocycles. The summed E-state index contributed by atoms with van der Waals surface area (Å²) in [4.78, 5) is 36.5. The fourth-order valence-electron chi connectivity index (χ4n) is 7.62. The third-order valence-corrected chi connectivity index (χ3v) is 9.23. The zero-order chi connectivity index (χ0) is 21.2. The minimum atomic E-state index is -1.43. The Morgan fingerprint density at radius 2 is 1.79 bits per heavy atom. The molecule has 3 saturated carbocycles. The van der Waals surface area contributed by atoms with E-state index in [1.165, 1.54) is 12.5 Å². The van der Waals surface area contributed by atoms with Gasteiger partial charge in [-0.1, -0.05) is 19.4 Å². The van der Waals surface area contributed by atoms with Gasteiger partial charge in [-0.15, -0.1) is 0 Å². The average Bonchev–Trinajstić information content (AvgIpc) is 2.93. The van der Waals surface area contributed by atoms with Crippen molar-refractivity contribution in [2.75, 3.05) is 0 Å². The number of hydrogen-bond acceptors (Lipinski definition) is 5. The van der Waals surface area contributed by atoms with Crippen molar-refractivity contribution in [3.8, 4) is 0 Å². The van der Waals surface area contributed by atoms with Crippen molar-refractivity contribution in [3.63, 3.8) is 0 Å². The summed E-state index contributed by atoms with van der Waals surface area (Å²) in [5.74, 6) is 0.686. The molecular formula is C24H34O5. The van der Waals surface area contributed by atoms with Crippen LogP contribution in [0.25, 0.3) is 0 Å². The molecule has 5 heteroatoms. The van der Waals surface area contributed by atoms with E-state index in [0.717, 1.165) is 38.5 Å². The maximum Gasteiger partial charge on any atom is 0.303 e. The highest BCUT2D eigenvalue weighted by Gasteiger charge is 2.66. The Balaban J connectivity index is 1.62. The first-order chi connectivity index (χ1) is 13.5. The largest absolute Gasteiger partial charge is 0.455 e. The second-order valence-corrected chi connectivity index (χ2v) is 10.4. The van der Waals surface area contributed by atoms with E-state index in [0.29, 0.717) is 24.7 Å². The van der Waals surface area contributed by atoms with E-state index in [1.807, 2.05) is 6.08 Å². The van der Waals surface area contributed by atoms with Gasteiger partial charge in [0.15, 0.2) is 11.9 Å². The quantitative estimate of drug-likeness (QED) is 0.727. The number of ether oxygens (including phenoxy) is 1. The number of fused-ring (bicyclic) bond motifs is 5. The van der Waals surface area contributed by atoms with E-state index in [1.54, 1.807) is 6.92 Å². The highest BCUT2D eigenvalue weighted by Crippen LogP contribution is 2.67. The van der Waals surface area contributed by atoms with Gasteiger partial charge >= 0.3 is 5.97 Å². The molecule has 0 radical (unpaired) electrons. The number of carbonyl (C=O) groups is 3. The Labute approximate surface area is 173 Å². The lowest BCUT2D eigenvalue weighted by Crippen LogP contribution is -2.59. The standard InChI is InChI=1S/C24H34O5/c1-14(29-15(2)25)21(27)24(28)12-9-20-18-6-5-16-13-17(26)7-10-22(16,3)19(18)8-11-23(20,24)4/h13-14,18-20,28H,5-12H2,1-4H3. The maximum atomic E-state index is 13.2. The molecule has 0 amide bonds. The normalized spacial score (nSPS) is 44.8. The number of rotatable bonds is 3. The Hall–Kier alpha value is -1.49. The van der Waals surface area contributed by atoms with Crippen molar-refractivity contribution in [1.82, 2.24) is 0 Å². The van der Waals surface area contributed by atoms with Crippen LogP contribution in [0.5, 0.6) is 0 Å². The molecule has 0 bridgehead atoms. The van der Waals surface area contributed by atoms with Gasteiger partial charge in [-0.25, -0.2) is 0 Å². The lowest BCUT2D eigenvalue weighted by molar-refractivity contribution is -0.175. The Morgan fingerprint density at radius 3 is 2.48 bits per heavy atom. The average molecular weight is 403 g/mol. The van der Waals surface area contributed by atoms with Gasteiger partial charge in [0, 0.05) is 18.8 Å². The molecule has 160 valence electrons. The highest BCUT2D eigenvalue weighted by atomic mass is 16.5. The number of aliphatic hydroxyl groups is 1. The van der Waals surface area contributed by atoms with Crippen LogP contribution < -0.4 is 0 Å². The summed E-state index contributed by atoms with van der Waals surface area (Å²) in [6.07, 6.45) is 7.57. The van der Waals surface area contributed by atoms with Gasteiger partial charge < -0.3 is 9.84 Å². The predicted molar refractivity (Wildman–Crippen MR) is 108 cm³/mol. The van der Waals surface area contributed by atoms with Crippen LogP contribution in [-0.2, 0) is 19.1 Å². The van der Waals surface area contributed by atoms with Crippen LogP contribution in [0, 0.1) is 28.6 Å². The first kappa shape index (κ1) is 20.8. The summed E-state index contributed by atoms with van der Waals surface area (Å²) >= 11 is 0. The fraction of sp³-hybridized carbons (Fsp3) is 0.792. The second-order valence-electron chi connectivity index (χ2n) is 10.4. The number of hydrogen-bond donors (Lipinski definition) is 1. The molecule has 4 rings (SSSR count). The third-order valence-electron chi connectivity index (χ3n) is 9.23. The summed E-state index contributed by atoms with van der Waals surface area (Å²) < 4.78 is 5.13. The molecule has 7 atom stereocenters. The summed E-state index contributed by atoms with van der Waals surface area (Å²) in [6, 6.07) is 0. The summed E-state index contributed by atoms with van der Waals surface area (Å²) in [5, 5.41) is 11.6. The van der Waals surface area contributed by atoms with Gasteiger partial charge in [0.25, 0.3) is 0 Å². The molecule has 0 saturated heterocycles. The highest BCUT2D eigenvalue weighted by molar-refractivity contribution is 5.93. The van der Waals surface area contributed by atoms with Crippen LogP contribution in [0.15, 0.2) is 11.6 Å². The van der Waals surface area contributed by atoms with Crippen molar-refractivity contribution in [1.29, 1.82) is 0 Å². The minimum Gasteiger partial charge on any atom is -0.455 e. The number of esters is 1. The molecular weight excluding hydrogens is 368 g/mol. The molecule has 5 nitrogen and oxygen atoms in total. The zero-order valence-electron chi connectivity index (χ0n) is 18.1. The monoisotopic (exact) mass is 402 g/mol. The van der Waals surface area contributed by atoms with Crippen molar-refractivity contribution in [2.24, 2.45) is 28.6 Å². The van der Waals surface area contributed by atoms with Gasteiger partial charge in [0.2, 0.25) is 5.78 Å². The predicted octanol–water partition coefficient (Wildman–Crippen LogP) is 3.77. The minimum absolute atomic E-state index is 0.0773. The van der Waals surface area contributed by atoms with E-state index in [2.05, 4.69) is 13.8 Å². The number of Topliss-reactive ketones (excluding diaryl/α,β-unsaturated/α-hetero) is 1. The molecule has 0 heterocycles. The van der Waals surface area contributed by atoms with Crippen molar-refractivity contribution >= 4 is 17.5 Å². The SMILES string of the molecule is CC(=O)OC(C)C(=O)C1(O)CCC2C3CCC4=CC(=O)CCC4(C)C3CCC21C. The van der Waals surface area contributed by atoms with Crippen LogP contribution in [0.4, 0.5) is 0 Å². The molecule has 0 aromatic heterocycles. The second kappa shape index (κ2) is 6.76. The number of carbonyl (C=O) groups excluding carboxylic acids is 3. The van der Waals surface area contributed by atoms with E-state index in [9.17, 15) is 19.5 Å². The van der Waals surface area contributed by atoms with Crippen LogP contribution in [-0.4, -0.2) is 34.3 Å². The van der Waals surface area contributed by atoms with Crippen molar-refractivity contribution < 1.29 is 24.2 Å². The lowest BCUT2D eigenvalue weighted by Gasteiger charge is -2.59. The van der Waals surface area contributed by atoms with Crippen LogP contribution >= 0.6 is 0 Å². The third kappa shape index (κ3) is 2.87. The first-order valence-corrected chi connectivity index (χ1v) is 11.2. The van der Waals surface area contributed by atoms with Gasteiger partial charge in [-0.05, 0) is 81.1 Å². The van der Waals surface area contributed by atoms with Crippen LogP contribution in [0.1, 0.15) is 79.1 Å². The molecule has 0 aromatic carbocycles. The van der Waals surface area contributed by atoms with Crippen LogP contribution in [0.3, 0.4) is 0 Å². The van der Waals surface area contributed by atoms with Gasteiger partial charge in [-0.2, -0.15) is 0 Å². The van der Waals surface area contributed by atoms with Gasteiger partial charge in [0.05, 0.1) is 0 Å². The van der Waals surface area contributed by atoms with Crippen molar-refractivity contribution in [3.05, 3.63) is 11.6 Å². The molecule has 0 spiro atoms. The van der Waals surface area contributed by atoms with Crippen LogP contribution in [0.2, 0.25) is 0 Å². The van der Waals surface area contributed by atoms with E-state index in [-0.39, 0.29) is 22.9 Å². The topological polar surface area (TPSA) is 80.7 Å². The fourth-order valence-corrected chi connectivity index (χ4v) is 7.62. The van der Waals surface area contributed by atoms with E-state index >= 15 is 0 Å². The molecule has 4 aliphatic rings. The molecule has 29 heavy (non-hydrogen) atoms. The molecule has 3 fully saturated rings. The number of allylic oxidation sites excluding steroid dienone is 1. The molecule has 0 aliphatic heterocycles. The van der Waals surface area contributed by atoms with Gasteiger partial charge in [-0.3, -0.25) is 14.4 Å². The lowest BCUT2D eigenvalue weighted by atomic mass is 9.46. The van der Waals surface area contributed by atoms with Gasteiger partial charge in [0.1, 0.15) is 5.60 Å². The smallest absolute Gasteiger partial charge is 0.303 e. The van der Waals surface area contributed by atoms with E-state index < -0.39 is 23.1 Å². The molecule has 0 aromatic rings. The number of ketones is 2. The first-order valence-electron chi connectivity index (χ1n) is 11.2. The zero-order valence-corrected chi connectivity index (χ0v) is 18.1.